The summed E-state index contributed by atoms with van der Waals surface area (Å²) in [5.74, 6) is 1.48. The first-order chi connectivity index (χ1) is 13.1. The van der Waals surface area contributed by atoms with Crippen LogP contribution in [0.2, 0.25) is 0 Å². The van der Waals surface area contributed by atoms with Crippen LogP contribution < -0.4 is 4.90 Å². The second-order valence-electron chi connectivity index (χ2n) is 6.44. The maximum Gasteiger partial charge on any atom is 0.410 e. The maximum atomic E-state index is 12.0. The summed E-state index contributed by atoms with van der Waals surface area (Å²) in [7, 11) is 0. The summed E-state index contributed by atoms with van der Waals surface area (Å²) in [5, 5.41) is 15.0. The normalized spacial score (nSPS) is 16.7. The molecule has 0 bridgehead atoms. The van der Waals surface area contributed by atoms with E-state index in [2.05, 4.69) is 10.1 Å². The molecule has 1 aliphatic heterocycles. The van der Waals surface area contributed by atoms with E-state index < -0.39 is 0 Å². The van der Waals surface area contributed by atoms with Gasteiger partial charge in [-0.25, -0.2) is 9.78 Å². The van der Waals surface area contributed by atoms with Crippen LogP contribution in [0.5, 0.6) is 5.88 Å². The van der Waals surface area contributed by atoms with Crippen molar-refractivity contribution >= 4 is 22.4 Å². The zero-order valence-electron chi connectivity index (χ0n) is 15.2. The number of hydrogen-bond acceptors (Lipinski definition) is 7. The number of aromatic nitrogens is 3. The van der Waals surface area contributed by atoms with Gasteiger partial charge in [0, 0.05) is 0 Å². The predicted octanol–water partition coefficient (Wildman–Crippen LogP) is 0.844. The van der Waals surface area contributed by atoms with E-state index in [0.717, 1.165) is 23.7 Å². The Morgan fingerprint density at radius 2 is 2.26 bits per heavy atom. The van der Waals surface area contributed by atoms with Gasteiger partial charge >= 0.3 is 6.09 Å². The lowest BCUT2D eigenvalue weighted by molar-refractivity contribution is -0.930. The van der Waals surface area contributed by atoms with Gasteiger partial charge < -0.3 is 19.2 Å². The number of aryl methyl sites for hydroxylation is 1. The molecule has 0 aromatic carbocycles. The lowest BCUT2D eigenvalue weighted by Crippen LogP contribution is -3.15. The van der Waals surface area contributed by atoms with Crippen LogP contribution in [0.3, 0.4) is 0 Å². The fraction of sp³-hybridized carbons (Fsp3) is 0.471. The molecular weight excluding hydrogens is 370 g/mol. The van der Waals surface area contributed by atoms with Crippen molar-refractivity contribution in [3.05, 3.63) is 34.9 Å². The predicted molar refractivity (Wildman–Crippen MR) is 97.1 cm³/mol. The molecule has 2 N–H and O–H groups in total. The number of carbonyl (C=O) groups is 1. The summed E-state index contributed by atoms with van der Waals surface area (Å²) in [6.45, 7) is 6.58. The number of aromatic hydroxyl groups is 1. The van der Waals surface area contributed by atoms with Gasteiger partial charge in [0.1, 0.15) is 10.7 Å². The summed E-state index contributed by atoms with van der Waals surface area (Å²) >= 11 is 1.41. The number of fused-ring (bicyclic) bond motifs is 1. The van der Waals surface area contributed by atoms with E-state index in [1.54, 1.807) is 25.0 Å². The molecule has 144 valence electrons. The second kappa shape index (κ2) is 7.20. The van der Waals surface area contributed by atoms with Crippen LogP contribution in [0.15, 0.2) is 22.8 Å². The lowest BCUT2D eigenvalue weighted by atomic mass is 10.1. The number of amides is 1. The molecule has 4 rings (SSSR count). The molecule has 0 saturated carbocycles. The Kier molecular flexibility index (Phi) is 4.75. The number of furan rings is 1. The number of thiazole rings is 1. The molecule has 1 amide bonds. The molecule has 9 nitrogen and oxygen atoms in total. The van der Waals surface area contributed by atoms with Gasteiger partial charge in [-0.15, -0.1) is 5.10 Å². The van der Waals surface area contributed by atoms with Gasteiger partial charge in [0.25, 0.3) is 0 Å². The Labute approximate surface area is 159 Å². The molecule has 1 saturated heterocycles. The summed E-state index contributed by atoms with van der Waals surface area (Å²) in [4.78, 5) is 20.7. The van der Waals surface area contributed by atoms with Gasteiger partial charge in [-0.1, -0.05) is 11.3 Å². The van der Waals surface area contributed by atoms with Crippen LogP contribution >= 0.6 is 11.3 Å². The molecule has 4 heterocycles. The Morgan fingerprint density at radius 1 is 1.48 bits per heavy atom. The van der Waals surface area contributed by atoms with Gasteiger partial charge in [0.05, 0.1) is 39.0 Å². The number of rotatable bonds is 4. The van der Waals surface area contributed by atoms with Gasteiger partial charge in [-0.2, -0.15) is 4.52 Å². The van der Waals surface area contributed by atoms with E-state index in [9.17, 15) is 9.90 Å². The van der Waals surface area contributed by atoms with Gasteiger partial charge in [0.15, 0.2) is 11.8 Å². The van der Waals surface area contributed by atoms with Crippen molar-refractivity contribution in [2.75, 3.05) is 32.8 Å². The van der Waals surface area contributed by atoms with Gasteiger partial charge in [-0.05, 0) is 26.0 Å². The highest BCUT2D eigenvalue weighted by Gasteiger charge is 2.37. The molecule has 27 heavy (non-hydrogen) atoms. The highest BCUT2D eigenvalue weighted by atomic mass is 32.1. The smallest absolute Gasteiger partial charge is 0.410 e. The minimum absolute atomic E-state index is 0.0947. The average molecular weight is 392 g/mol. The van der Waals surface area contributed by atoms with Crippen LogP contribution in [0, 0.1) is 6.92 Å². The van der Waals surface area contributed by atoms with Crippen molar-refractivity contribution in [3.8, 4) is 5.88 Å². The highest BCUT2D eigenvalue weighted by Crippen LogP contribution is 2.35. The Bertz CT molecular complexity index is 927. The SMILES string of the molecule is CCOC(=O)N1CC[NH+]([C@H](c2ccco2)c2sc3nc(C)nn3c2O)CC1. The number of hydrogen-bond donors (Lipinski definition) is 2. The van der Waals surface area contributed by atoms with E-state index in [1.165, 1.54) is 20.8 Å². The second-order valence-corrected chi connectivity index (χ2v) is 7.45. The van der Waals surface area contributed by atoms with Crippen molar-refractivity contribution < 1.29 is 24.0 Å². The Morgan fingerprint density at radius 3 is 2.89 bits per heavy atom. The van der Waals surface area contributed by atoms with Gasteiger partial charge in [-0.3, -0.25) is 4.90 Å². The summed E-state index contributed by atoms with van der Waals surface area (Å²) in [6.07, 6.45) is 1.36. The van der Waals surface area contributed by atoms with Crippen molar-refractivity contribution in [2.24, 2.45) is 0 Å². The van der Waals surface area contributed by atoms with Crippen molar-refractivity contribution in [3.63, 3.8) is 0 Å². The summed E-state index contributed by atoms with van der Waals surface area (Å²) < 4.78 is 12.3. The van der Waals surface area contributed by atoms with Crippen LogP contribution in [0.4, 0.5) is 4.79 Å². The molecule has 1 aliphatic rings. The Balaban J connectivity index is 1.62. The number of nitrogens with one attached hydrogen (secondary N) is 1. The molecule has 10 heteroatoms. The molecule has 1 atom stereocenters. The topological polar surface area (TPSA) is 97.5 Å². The van der Waals surface area contributed by atoms with Crippen molar-refractivity contribution in [1.29, 1.82) is 0 Å². The average Bonchev–Trinajstić information content (AvgIpc) is 3.36. The van der Waals surface area contributed by atoms with Crippen LogP contribution in [-0.4, -0.2) is 63.5 Å². The molecule has 0 radical (unpaired) electrons. The zero-order valence-corrected chi connectivity index (χ0v) is 16.0. The molecule has 0 aliphatic carbocycles. The highest BCUT2D eigenvalue weighted by molar-refractivity contribution is 7.17. The molecule has 0 unspecified atom stereocenters. The number of piperazine rings is 1. The minimum Gasteiger partial charge on any atom is -0.492 e. The third kappa shape index (κ3) is 3.26. The first kappa shape index (κ1) is 17.8. The van der Waals surface area contributed by atoms with E-state index in [0.29, 0.717) is 30.5 Å². The molecular formula is C17H22N5O4S+. The van der Waals surface area contributed by atoms with Crippen molar-refractivity contribution in [2.45, 2.75) is 19.9 Å². The van der Waals surface area contributed by atoms with E-state index in [-0.39, 0.29) is 18.0 Å². The number of nitrogens with zero attached hydrogens (tertiary/aromatic N) is 4. The number of carbonyl (C=O) groups excluding carboxylic acids is 1. The van der Waals surface area contributed by atoms with E-state index >= 15 is 0 Å². The van der Waals surface area contributed by atoms with Crippen LogP contribution in [0.1, 0.15) is 29.4 Å². The number of quaternary nitrogens is 1. The fourth-order valence-corrected chi connectivity index (χ4v) is 4.65. The fourth-order valence-electron chi connectivity index (χ4n) is 3.49. The first-order valence-electron chi connectivity index (χ1n) is 8.93. The number of ether oxygens (including phenoxy) is 1. The standard InChI is InChI=1S/C17H21N5O4S/c1-3-25-17(24)21-8-6-20(7-9-21)13(12-5-4-10-26-12)14-15(23)22-16(27-14)18-11(2)19-22/h4-5,10,13,23H,3,6-9H2,1-2H3/p+1/t13-/m1/s1. The summed E-state index contributed by atoms with van der Waals surface area (Å²) in [6, 6.07) is 3.57. The molecule has 3 aromatic rings. The quantitative estimate of drug-likeness (QED) is 0.683. The lowest BCUT2D eigenvalue weighted by Gasteiger charge is -2.34. The van der Waals surface area contributed by atoms with E-state index in [4.69, 9.17) is 9.15 Å². The molecule has 1 fully saturated rings. The minimum atomic E-state index is -0.275. The van der Waals surface area contributed by atoms with E-state index in [1.807, 2.05) is 12.1 Å². The first-order valence-corrected chi connectivity index (χ1v) is 9.74. The molecule has 3 aromatic heterocycles. The van der Waals surface area contributed by atoms with Crippen molar-refractivity contribution in [1.82, 2.24) is 19.5 Å². The Hall–Kier alpha value is -2.59. The maximum absolute atomic E-state index is 12.0. The monoisotopic (exact) mass is 392 g/mol. The van der Waals surface area contributed by atoms with Gasteiger partial charge in [0.2, 0.25) is 10.8 Å². The molecule has 0 spiro atoms. The van der Waals surface area contributed by atoms with Crippen LogP contribution in [0.25, 0.3) is 4.96 Å². The third-order valence-corrected chi connectivity index (χ3v) is 5.82. The largest absolute Gasteiger partial charge is 0.492 e. The van der Waals surface area contributed by atoms with Crippen LogP contribution in [-0.2, 0) is 4.74 Å². The third-order valence-electron chi connectivity index (χ3n) is 4.74. The summed E-state index contributed by atoms with van der Waals surface area (Å²) in [5.41, 5.74) is 0. The zero-order chi connectivity index (χ0) is 19.0.